The fourth-order valence-electron chi connectivity index (χ4n) is 0.919. The van der Waals surface area contributed by atoms with Gasteiger partial charge in [-0.15, -0.1) is 0 Å². The smallest absolute Gasteiger partial charge is 0.245 e. The first-order chi connectivity index (χ1) is 13.3. The molecule has 5 heteroatoms. The SMILES string of the molecule is [2H]c1c([2H])c([2H])c(C([2H])([2H])NC(=O)C(NC(C)=O)C([2H])([2H])OC([2H])([2H])[2H])c([2H])c1[2H]. The standard InChI is InChI=1S/C13H18N2O3/c1-10(16)15-12(9-18-2)13(17)14-8-11-6-4-3-5-7-11/h3-7,12H,8-9H2,1-2H3,(H,14,17)(H,15,16)/i2D3,3D,4D,5D,6D,7D,8D2,9D2. The van der Waals surface area contributed by atoms with Gasteiger partial charge in [0.25, 0.3) is 0 Å². The fourth-order valence-corrected chi connectivity index (χ4v) is 0.919. The van der Waals surface area contributed by atoms with Gasteiger partial charge in [0.1, 0.15) is 6.04 Å². The van der Waals surface area contributed by atoms with E-state index in [0.717, 1.165) is 6.92 Å². The summed E-state index contributed by atoms with van der Waals surface area (Å²) in [4.78, 5) is 23.9. The molecule has 1 aromatic rings. The predicted molar refractivity (Wildman–Crippen MR) is 67.8 cm³/mol. The molecule has 0 aliphatic rings. The van der Waals surface area contributed by atoms with Crippen molar-refractivity contribution in [1.29, 1.82) is 0 Å². The quantitative estimate of drug-likeness (QED) is 0.782. The first-order valence-corrected chi connectivity index (χ1v) is 4.68. The van der Waals surface area contributed by atoms with E-state index in [4.69, 9.17) is 16.4 Å². The van der Waals surface area contributed by atoms with Crippen molar-refractivity contribution in [1.82, 2.24) is 10.6 Å². The second-order valence-electron chi connectivity index (χ2n) is 2.97. The highest BCUT2D eigenvalue weighted by atomic mass is 16.5. The van der Waals surface area contributed by atoms with Crippen LogP contribution in [0.3, 0.4) is 0 Å². The monoisotopic (exact) mass is 262 g/mol. The Morgan fingerprint density at radius 2 is 2.22 bits per heavy atom. The zero-order valence-corrected chi connectivity index (χ0v) is 9.30. The fraction of sp³-hybridized carbons (Fsp3) is 0.385. The molecule has 0 aromatic heterocycles. The summed E-state index contributed by atoms with van der Waals surface area (Å²) in [5, 5.41) is 3.45. The van der Waals surface area contributed by atoms with Gasteiger partial charge in [-0.05, 0) is 5.56 Å². The van der Waals surface area contributed by atoms with E-state index in [1.807, 2.05) is 5.32 Å². The van der Waals surface area contributed by atoms with Gasteiger partial charge in [0, 0.05) is 20.5 Å². The Labute approximate surface area is 123 Å². The summed E-state index contributed by atoms with van der Waals surface area (Å²) in [6.45, 7) is -5.57. The number of nitrogens with one attached hydrogen (secondary N) is 2. The minimum atomic E-state index is -3.32. The summed E-state index contributed by atoms with van der Waals surface area (Å²) in [5.74, 6) is -2.58. The van der Waals surface area contributed by atoms with Crippen LogP contribution in [0.4, 0.5) is 0 Å². The molecule has 0 radical (unpaired) electrons. The van der Waals surface area contributed by atoms with Crippen LogP contribution in [0.5, 0.6) is 0 Å². The molecule has 1 unspecified atom stereocenters. The van der Waals surface area contributed by atoms with Crippen molar-refractivity contribution in [2.45, 2.75) is 19.5 Å². The lowest BCUT2D eigenvalue weighted by atomic mass is 10.2. The number of rotatable bonds is 6. The van der Waals surface area contributed by atoms with Crippen LogP contribution in [0, 0.1) is 0 Å². The van der Waals surface area contributed by atoms with Crippen molar-refractivity contribution in [2.24, 2.45) is 0 Å². The number of carbonyl (C=O) groups is 2. The third kappa shape index (κ3) is 4.97. The Bertz CT molecular complexity index is 826. The van der Waals surface area contributed by atoms with Gasteiger partial charge in [-0.1, -0.05) is 30.2 Å². The van der Waals surface area contributed by atoms with Crippen LogP contribution in [0.25, 0.3) is 0 Å². The number of benzene rings is 1. The van der Waals surface area contributed by atoms with Gasteiger partial charge in [0.15, 0.2) is 0 Å². The normalized spacial score (nSPS) is 23.6. The molecule has 18 heavy (non-hydrogen) atoms. The summed E-state index contributed by atoms with van der Waals surface area (Å²) in [7, 11) is -3.31. The van der Waals surface area contributed by atoms with E-state index in [9.17, 15) is 9.59 Å². The first-order valence-electron chi connectivity index (χ1n) is 10.7. The molecule has 1 atom stereocenters. The second kappa shape index (κ2) is 7.45. The number of amides is 2. The topological polar surface area (TPSA) is 67.4 Å². The van der Waals surface area contributed by atoms with Gasteiger partial charge in [-0.25, -0.2) is 0 Å². The van der Waals surface area contributed by atoms with E-state index in [1.165, 1.54) is 0 Å². The number of hydrogen-bond acceptors (Lipinski definition) is 3. The highest BCUT2D eigenvalue weighted by molar-refractivity contribution is 5.86. The molecule has 0 heterocycles. The Morgan fingerprint density at radius 1 is 1.50 bits per heavy atom. The van der Waals surface area contributed by atoms with E-state index in [1.54, 1.807) is 5.32 Å². The Kier molecular flexibility index (Phi) is 1.93. The van der Waals surface area contributed by atoms with Crippen molar-refractivity contribution in [3.8, 4) is 0 Å². The Hall–Kier alpha value is -1.88. The summed E-state index contributed by atoms with van der Waals surface area (Å²) < 4.78 is 94.8. The third-order valence-corrected chi connectivity index (χ3v) is 1.60. The van der Waals surface area contributed by atoms with Crippen LogP contribution < -0.4 is 10.6 Å². The maximum absolute atomic E-state index is 12.5. The van der Waals surface area contributed by atoms with Crippen LogP contribution in [-0.4, -0.2) is 31.5 Å². The van der Waals surface area contributed by atoms with Gasteiger partial charge in [0.2, 0.25) is 11.8 Å². The average molecular weight is 262 g/mol. The van der Waals surface area contributed by atoms with Gasteiger partial charge in [-0.3, -0.25) is 9.59 Å². The molecule has 1 aromatic carbocycles. The molecule has 0 aliphatic heterocycles. The molecule has 1 rings (SSSR count). The summed E-state index contributed by atoms with van der Waals surface area (Å²) >= 11 is 0. The molecule has 0 bridgehead atoms. The third-order valence-electron chi connectivity index (χ3n) is 1.60. The number of methoxy groups -OCH3 is 1. The van der Waals surface area contributed by atoms with Crippen LogP contribution >= 0.6 is 0 Å². The summed E-state index contributed by atoms with van der Waals surface area (Å²) in [5.41, 5.74) is -0.944. The molecule has 0 saturated carbocycles. The van der Waals surface area contributed by atoms with E-state index in [-0.39, 0.29) is 0 Å². The average Bonchev–Trinajstić information content (AvgIpc) is 2.53. The molecule has 0 fully saturated rings. The van der Waals surface area contributed by atoms with Gasteiger partial charge in [0.05, 0.1) is 23.0 Å². The lowest BCUT2D eigenvalue weighted by Crippen LogP contribution is -2.48. The van der Waals surface area contributed by atoms with E-state index < -0.39 is 73.7 Å². The van der Waals surface area contributed by atoms with Gasteiger partial charge >= 0.3 is 0 Å². The molecule has 2 amide bonds. The zero-order chi connectivity index (χ0) is 23.8. The van der Waals surface area contributed by atoms with Gasteiger partial charge in [-0.2, -0.15) is 0 Å². The molecule has 0 saturated heterocycles. The van der Waals surface area contributed by atoms with E-state index in [0.29, 0.717) is 0 Å². The van der Waals surface area contributed by atoms with Crippen molar-refractivity contribution in [2.75, 3.05) is 13.6 Å². The van der Waals surface area contributed by atoms with Crippen LogP contribution in [0.1, 0.15) is 28.9 Å². The van der Waals surface area contributed by atoms with Crippen molar-refractivity contribution >= 4 is 11.8 Å². The molecular formula is C13H18N2O3. The van der Waals surface area contributed by atoms with Crippen molar-refractivity contribution in [3.63, 3.8) is 0 Å². The van der Waals surface area contributed by atoms with Crippen LogP contribution in [0.15, 0.2) is 30.2 Å². The lowest BCUT2D eigenvalue weighted by Gasteiger charge is -2.16. The number of hydrogen-bond donors (Lipinski definition) is 2. The largest absolute Gasteiger partial charge is 0.382 e. The second-order valence-corrected chi connectivity index (χ2v) is 2.97. The molecule has 0 aliphatic carbocycles. The summed E-state index contributed by atoms with van der Waals surface area (Å²) in [6, 6.07) is -6.80. The van der Waals surface area contributed by atoms with E-state index in [2.05, 4.69) is 4.74 Å². The Morgan fingerprint density at radius 3 is 2.83 bits per heavy atom. The van der Waals surface area contributed by atoms with E-state index >= 15 is 0 Å². The highest BCUT2D eigenvalue weighted by Gasteiger charge is 2.18. The molecule has 98 valence electrons. The van der Waals surface area contributed by atoms with Crippen molar-refractivity contribution < 1.29 is 30.8 Å². The molecule has 0 spiro atoms. The highest BCUT2D eigenvalue weighted by Crippen LogP contribution is 1.97. The van der Waals surface area contributed by atoms with Crippen LogP contribution in [-0.2, 0) is 20.8 Å². The van der Waals surface area contributed by atoms with Crippen LogP contribution in [0.2, 0.25) is 0 Å². The molecular weight excluding hydrogens is 232 g/mol. The Balaban J connectivity index is 3.40. The maximum atomic E-state index is 12.5. The maximum Gasteiger partial charge on any atom is 0.245 e. The number of ether oxygens (including phenoxy) is 1. The first kappa shape index (κ1) is 4.66. The minimum absolute atomic E-state index is 0.797. The predicted octanol–water partition coefficient (Wildman–Crippen LogP) is 0.454. The lowest BCUT2D eigenvalue weighted by molar-refractivity contribution is -0.129. The molecule has 5 nitrogen and oxygen atoms in total. The van der Waals surface area contributed by atoms with Crippen molar-refractivity contribution in [3.05, 3.63) is 35.8 Å². The molecule has 2 N–H and O–H groups in total. The minimum Gasteiger partial charge on any atom is -0.382 e. The van der Waals surface area contributed by atoms with Gasteiger partial charge < -0.3 is 15.4 Å². The number of carbonyl (C=O) groups excluding carboxylic acids is 2. The zero-order valence-electron chi connectivity index (χ0n) is 21.3. The summed E-state index contributed by atoms with van der Waals surface area (Å²) in [6.07, 6.45) is 0.